The highest BCUT2D eigenvalue weighted by Crippen LogP contribution is 2.21. The molecule has 0 spiro atoms. The zero-order valence-electron chi connectivity index (χ0n) is 14.5. The lowest BCUT2D eigenvalue weighted by molar-refractivity contribution is -0.126. The highest BCUT2D eigenvalue weighted by atomic mass is 35.5. The standard InChI is InChI=1S/C18H26FN3O.2ClH/c1-13-16(4-2-10-20-13)21-18(23)17-5-3-11-22(17)12-14-6-8-15(19)9-7-14;;/h6-9,13,16-17,20H,2-5,10-12H2,1H3,(H,21,23);2*1H. The van der Waals surface area contributed by atoms with Crippen LogP contribution in [0.15, 0.2) is 24.3 Å². The maximum absolute atomic E-state index is 13.0. The third kappa shape index (κ3) is 5.81. The lowest BCUT2D eigenvalue weighted by Gasteiger charge is -2.33. The minimum atomic E-state index is -0.219. The van der Waals surface area contributed by atoms with Gasteiger partial charge in [-0.25, -0.2) is 4.39 Å². The van der Waals surface area contributed by atoms with Gasteiger partial charge in [-0.15, -0.1) is 24.8 Å². The van der Waals surface area contributed by atoms with Crippen LogP contribution in [0.1, 0.15) is 38.2 Å². The fourth-order valence-corrected chi connectivity index (χ4v) is 3.66. The van der Waals surface area contributed by atoms with Crippen molar-refractivity contribution in [3.05, 3.63) is 35.6 Å². The van der Waals surface area contributed by atoms with E-state index < -0.39 is 0 Å². The fraction of sp³-hybridized carbons (Fsp3) is 0.611. The number of rotatable bonds is 4. The number of piperidine rings is 1. The van der Waals surface area contributed by atoms with Gasteiger partial charge in [0.25, 0.3) is 0 Å². The zero-order chi connectivity index (χ0) is 16.2. The molecule has 1 amide bonds. The molecule has 0 aromatic heterocycles. The molecule has 2 aliphatic heterocycles. The lowest BCUT2D eigenvalue weighted by atomic mass is 9.99. The third-order valence-electron chi connectivity index (χ3n) is 5.05. The molecule has 3 rings (SSSR count). The van der Waals surface area contributed by atoms with E-state index in [2.05, 4.69) is 22.5 Å². The quantitative estimate of drug-likeness (QED) is 0.828. The van der Waals surface area contributed by atoms with Crippen molar-refractivity contribution in [1.29, 1.82) is 0 Å². The van der Waals surface area contributed by atoms with Crippen molar-refractivity contribution in [3.8, 4) is 0 Å². The Morgan fingerprint density at radius 1 is 1.24 bits per heavy atom. The van der Waals surface area contributed by atoms with Crippen molar-refractivity contribution in [3.63, 3.8) is 0 Å². The highest BCUT2D eigenvalue weighted by molar-refractivity contribution is 5.85. The van der Waals surface area contributed by atoms with Gasteiger partial charge in [0, 0.05) is 18.6 Å². The summed E-state index contributed by atoms with van der Waals surface area (Å²) in [6.45, 7) is 4.80. The molecule has 0 saturated carbocycles. The van der Waals surface area contributed by atoms with Gasteiger partial charge in [0.2, 0.25) is 5.91 Å². The van der Waals surface area contributed by atoms with E-state index in [-0.39, 0.29) is 48.6 Å². The largest absolute Gasteiger partial charge is 0.350 e. The topological polar surface area (TPSA) is 44.4 Å². The molecule has 1 aromatic carbocycles. The number of nitrogens with one attached hydrogen (secondary N) is 2. The van der Waals surface area contributed by atoms with Gasteiger partial charge in [0.15, 0.2) is 0 Å². The molecule has 0 radical (unpaired) electrons. The van der Waals surface area contributed by atoms with Crippen LogP contribution in [-0.2, 0) is 11.3 Å². The van der Waals surface area contributed by atoms with Crippen molar-refractivity contribution >= 4 is 30.7 Å². The van der Waals surface area contributed by atoms with Crippen LogP contribution in [0.4, 0.5) is 4.39 Å². The number of hydrogen-bond acceptors (Lipinski definition) is 3. The van der Waals surface area contributed by atoms with Crippen LogP contribution in [0, 0.1) is 5.82 Å². The first-order valence-corrected chi connectivity index (χ1v) is 8.66. The van der Waals surface area contributed by atoms with Crippen LogP contribution in [-0.4, -0.2) is 42.0 Å². The average molecular weight is 392 g/mol. The molecule has 0 aliphatic carbocycles. The van der Waals surface area contributed by atoms with Crippen LogP contribution in [0.25, 0.3) is 0 Å². The molecule has 1 aromatic rings. The normalized spacial score (nSPS) is 26.4. The smallest absolute Gasteiger partial charge is 0.237 e. The van der Waals surface area contributed by atoms with Gasteiger partial charge in [-0.05, 0) is 63.4 Å². The van der Waals surface area contributed by atoms with Gasteiger partial charge in [-0.3, -0.25) is 9.69 Å². The van der Waals surface area contributed by atoms with Gasteiger partial charge in [-0.1, -0.05) is 12.1 Å². The van der Waals surface area contributed by atoms with Crippen LogP contribution in [0.3, 0.4) is 0 Å². The number of amides is 1. The summed E-state index contributed by atoms with van der Waals surface area (Å²) >= 11 is 0. The summed E-state index contributed by atoms with van der Waals surface area (Å²) in [4.78, 5) is 14.9. The van der Waals surface area contributed by atoms with E-state index in [1.54, 1.807) is 12.1 Å². The second-order valence-corrected chi connectivity index (χ2v) is 6.76. The Kier molecular flexibility index (Phi) is 9.14. The Hall–Kier alpha value is -0.880. The van der Waals surface area contributed by atoms with Crippen LogP contribution < -0.4 is 10.6 Å². The molecule has 0 bridgehead atoms. The van der Waals surface area contributed by atoms with Gasteiger partial charge >= 0.3 is 0 Å². The first-order chi connectivity index (χ1) is 11.1. The summed E-state index contributed by atoms with van der Waals surface area (Å²) in [5.41, 5.74) is 1.05. The highest BCUT2D eigenvalue weighted by Gasteiger charge is 2.33. The van der Waals surface area contributed by atoms with E-state index in [4.69, 9.17) is 0 Å². The molecule has 2 saturated heterocycles. The Balaban J connectivity index is 0.00000156. The van der Waals surface area contributed by atoms with Gasteiger partial charge < -0.3 is 10.6 Å². The molecule has 3 atom stereocenters. The maximum Gasteiger partial charge on any atom is 0.237 e. The van der Waals surface area contributed by atoms with Crippen molar-refractivity contribution < 1.29 is 9.18 Å². The molecular weight excluding hydrogens is 364 g/mol. The Morgan fingerprint density at radius 3 is 2.64 bits per heavy atom. The van der Waals surface area contributed by atoms with Crippen molar-refractivity contribution in [1.82, 2.24) is 15.5 Å². The van der Waals surface area contributed by atoms with E-state index in [1.165, 1.54) is 12.1 Å². The monoisotopic (exact) mass is 391 g/mol. The third-order valence-corrected chi connectivity index (χ3v) is 5.05. The second-order valence-electron chi connectivity index (χ2n) is 6.76. The predicted octanol–water partition coefficient (Wildman–Crippen LogP) is 2.89. The van der Waals surface area contributed by atoms with Crippen LogP contribution >= 0.6 is 24.8 Å². The Bertz CT molecular complexity index is 544. The molecular formula is C18H28Cl2FN3O. The van der Waals surface area contributed by atoms with E-state index in [9.17, 15) is 9.18 Å². The molecule has 2 aliphatic rings. The number of hydrogen-bond donors (Lipinski definition) is 2. The van der Waals surface area contributed by atoms with Gasteiger partial charge in [0.1, 0.15) is 5.82 Å². The number of halogens is 3. The number of carbonyl (C=O) groups excluding carboxylic acids is 1. The minimum Gasteiger partial charge on any atom is -0.350 e. The molecule has 2 N–H and O–H groups in total. The molecule has 3 unspecified atom stereocenters. The molecule has 142 valence electrons. The first-order valence-electron chi connectivity index (χ1n) is 8.66. The number of likely N-dealkylation sites (tertiary alicyclic amines) is 1. The van der Waals surface area contributed by atoms with E-state index in [0.717, 1.165) is 44.3 Å². The van der Waals surface area contributed by atoms with Crippen LogP contribution in [0.5, 0.6) is 0 Å². The predicted molar refractivity (Wildman–Crippen MR) is 103 cm³/mol. The van der Waals surface area contributed by atoms with Gasteiger partial charge in [-0.2, -0.15) is 0 Å². The fourth-order valence-electron chi connectivity index (χ4n) is 3.66. The van der Waals surface area contributed by atoms with E-state index in [1.807, 2.05) is 0 Å². The molecule has 2 heterocycles. The van der Waals surface area contributed by atoms with Crippen LogP contribution in [0.2, 0.25) is 0 Å². The summed E-state index contributed by atoms with van der Waals surface area (Å²) in [5, 5.41) is 6.65. The maximum atomic E-state index is 13.0. The number of benzene rings is 1. The number of carbonyl (C=O) groups is 1. The van der Waals surface area contributed by atoms with Crippen molar-refractivity contribution in [2.45, 2.75) is 57.3 Å². The summed E-state index contributed by atoms with van der Waals surface area (Å²) in [6.07, 6.45) is 4.10. The second kappa shape index (κ2) is 10.3. The van der Waals surface area contributed by atoms with Gasteiger partial charge in [0.05, 0.1) is 6.04 Å². The molecule has 2 fully saturated rings. The minimum absolute atomic E-state index is 0. The Morgan fingerprint density at radius 2 is 1.96 bits per heavy atom. The molecule has 4 nitrogen and oxygen atoms in total. The summed E-state index contributed by atoms with van der Waals surface area (Å²) in [5.74, 6) is -0.0755. The van der Waals surface area contributed by atoms with Crippen molar-refractivity contribution in [2.75, 3.05) is 13.1 Å². The van der Waals surface area contributed by atoms with E-state index in [0.29, 0.717) is 12.6 Å². The number of nitrogens with zero attached hydrogens (tertiary/aromatic N) is 1. The lowest BCUT2D eigenvalue weighted by Crippen LogP contribution is -2.55. The zero-order valence-corrected chi connectivity index (χ0v) is 16.2. The van der Waals surface area contributed by atoms with E-state index >= 15 is 0 Å². The Labute approximate surface area is 161 Å². The average Bonchev–Trinajstić information content (AvgIpc) is 3.00. The molecule has 7 heteroatoms. The summed E-state index contributed by atoms with van der Waals surface area (Å²) < 4.78 is 13.0. The molecule has 25 heavy (non-hydrogen) atoms. The summed E-state index contributed by atoms with van der Waals surface area (Å²) in [7, 11) is 0. The summed E-state index contributed by atoms with van der Waals surface area (Å²) in [6, 6.07) is 7.07. The SMILES string of the molecule is CC1NCCCC1NC(=O)C1CCCN1Cc1ccc(F)cc1.Cl.Cl. The first kappa shape index (κ1) is 22.2. The van der Waals surface area contributed by atoms with Crippen molar-refractivity contribution in [2.24, 2.45) is 0 Å².